The summed E-state index contributed by atoms with van der Waals surface area (Å²) in [5, 5.41) is 3.33. The molecular weight excluding hydrogens is 473 g/mol. The van der Waals surface area contributed by atoms with Crippen molar-refractivity contribution in [3.8, 4) is 11.5 Å². The molecule has 0 spiro atoms. The van der Waals surface area contributed by atoms with Gasteiger partial charge in [0.15, 0.2) is 5.96 Å². The zero-order chi connectivity index (χ0) is 19.6. The van der Waals surface area contributed by atoms with Gasteiger partial charge in [0.25, 0.3) is 0 Å². The highest BCUT2D eigenvalue weighted by Crippen LogP contribution is 2.25. The average molecular weight is 505 g/mol. The monoisotopic (exact) mass is 505 g/mol. The van der Waals surface area contributed by atoms with Gasteiger partial charge in [-0.25, -0.2) is 4.99 Å². The molecular formula is C20H32IN3O4. The van der Waals surface area contributed by atoms with Gasteiger partial charge < -0.3 is 24.4 Å². The Hall–Kier alpha value is -1.71. The van der Waals surface area contributed by atoms with Gasteiger partial charge in [-0.15, -0.1) is 24.0 Å². The number of halogens is 1. The van der Waals surface area contributed by atoms with Crippen LogP contribution in [0.15, 0.2) is 23.2 Å². The number of guanidine groups is 1. The molecule has 28 heavy (non-hydrogen) atoms. The highest BCUT2D eigenvalue weighted by molar-refractivity contribution is 14.0. The summed E-state index contributed by atoms with van der Waals surface area (Å²) < 4.78 is 15.9. The Bertz CT molecular complexity index is 654. The van der Waals surface area contributed by atoms with Crippen LogP contribution in [0.3, 0.4) is 0 Å². The molecule has 1 aliphatic rings. The summed E-state index contributed by atoms with van der Waals surface area (Å²) in [6.45, 7) is 7.05. The first-order valence-electron chi connectivity index (χ1n) is 9.53. The molecule has 2 rings (SSSR count). The quantitative estimate of drug-likeness (QED) is 0.266. The highest BCUT2D eigenvalue weighted by Gasteiger charge is 2.28. The zero-order valence-corrected chi connectivity index (χ0v) is 19.5. The van der Waals surface area contributed by atoms with Gasteiger partial charge in [-0.1, -0.05) is 0 Å². The molecule has 1 aromatic carbocycles. The second kappa shape index (κ2) is 12.7. The van der Waals surface area contributed by atoms with E-state index in [1.54, 1.807) is 14.2 Å². The minimum atomic E-state index is -0.116. The molecule has 0 aromatic heterocycles. The van der Waals surface area contributed by atoms with Crippen LogP contribution in [0.1, 0.15) is 32.3 Å². The number of likely N-dealkylation sites (tertiary alicyclic amines) is 1. The molecule has 1 N–H and O–H groups in total. The van der Waals surface area contributed by atoms with E-state index in [9.17, 15) is 4.79 Å². The lowest BCUT2D eigenvalue weighted by Gasteiger charge is -2.34. The number of nitrogens with one attached hydrogen (secondary N) is 1. The molecule has 0 amide bonds. The summed E-state index contributed by atoms with van der Waals surface area (Å²) in [6.07, 6.45) is 1.81. The fraction of sp³-hybridized carbons (Fsp3) is 0.600. The maximum atomic E-state index is 12.1. The van der Waals surface area contributed by atoms with E-state index in [1.165, 1.54) is 0 Å². The average Bonchev–Trinajstić information content (AvgIpc) is 2.71. The Balaban J connectivity index is 0.00000392. The first-order chi connectivity index (χ1) is 13.1. The second-order valence-electron chi connectivity index (χ2n) is 6.39. The Morgan fingerprint density at radius 2 is 2.07 bits per heavy atom. The summed E-state index contributed by atoms with van der Waals surface area (Å²) in [5.74, 6) is 2.09. The molecule has 0 aliphatic carbocycles. The summed E-state index contributed by atoms with van der Waals surface area (Å²) in [7, 11) is 3.27. The lowest BCUT2D eigenvalue weighted by molar-refractivity contribution is -0.149. The molecule has 1 aliphatic heterocycles. The van der Waals surface area contributed by atoms with E-state index >= 15 is 0 Å². The lowest BCUT2D eigenvalue weighted by Crippen LogP contribution is -2.48. The number of rotatable bonds is 7. The summed E-state index contributed by atoms with van der Waals surface area (Å²) in [4.78, 5) is 19.0. The van der Waals surface area contributed by atoms with E-state index in [4.69, 9.17) is 19.2 Å². The van der Waals surface area contributed by atoms with Gasteiger partial charge in [0.1, 0.15) is 11.5 Å². The molecule has 1 heterocycles. The molecule has 1 fully saturated rings. The molecule has 1 aromatic rings. The smallest absolute Gasteiger partial charge is 0.310 e. The lowest BCUT2D eigenvalue weighted by atomic mass is 9.98. The molecule has 158 valence electrons. The van der Waals surface area contributed by atoms with Crippen molar-refractivity contribution >= 4 is 35.9 Å². The van der Waals surface area contributed by atoms with Crippen molar-refractivity contribution < 1.29 is 19.0 Å². The van der Waals surface area contributed by atoms with Crippen molar-refractivity contribution in [2.75, 3.05) is 40.5 Å². The number of piperidine rings is 1. The number of aliphatic imine (C=N–C) groups is 1. The predicted molar refractivity (Wildman–Crippen MR) is 121 cm³/mol. The van der Waals surface area contributed by atoms with Crippen LogP contribution in [-0.2, 0) is 16.1 Å². The zero-order valence-electron chi connectivity index (χ0n) is 17.2. The number of methoxy groups -OCH3 is 2. The first-order valence-corrected chi connectivity index (χ1v) is 9.53. The van der Waals surface area contributed by atoms with Crippen LogP contribution in [0.25, 0.3) is 0 Å². The van der Waals surface area contributed by atoms with Crippen molar-refractivity contribution in [1.82, 2.24) is 10.2 Å². The number of benzene rings is 1. The van der Waals surface area contributed by atoms with Gasteiger partial charge >= 0.3 is 5.97 Å². The third-order valence-corrected chi connectivity index (χ3v) is 4.57. The van der Waals surface area contributed by atoms with Gasteiger partial charge in [-0.2, -0.15) is 0 Å². The van der Waals surface area contributed by atoms with Gasteiger partial charge in [0.2, 0.25) is 0 Å². The van der Waals surface area contributed by atoms with Crippen LogP contribution < -0.4 is 14.8 Å². The molecule has 0 radical (unpaired) electrons. The summed E-state index contributed by atoms with van der Waals surface area (Å²) >= 11 is 0. The molecule has 1 unspecified atom stereocenters. The summed E-state index contributed by atoms with van der Waals surface area (Å²) in [5.41, 5.74) is 0.979. The third kappa shape index (κ3) is 6.72. The van der Waals surface area contributed by atoms with Crippen molar-refractivity contribution in [3.05, 3.63) is 23.8 Å². The van der Waals surface area contributed by atoms with Crippen molar-refractivity contribution in [3.63, 3.8) is 0 Å². The summed E-state index contributed by atoms with van der Waals surface area (Å²) in [6, 6.07) is 5.72. The normalized spacial score (nSPS) is 16.8. The highest BCUT2D eigenvalue weighted by atomic mass is 127. The predicted octanol–water partition coefficient (Wildman–Crippen LogP) is 3.06. The Morgan fingerprint density at radius 1 is 1.29 bits per heavy atom. The van der Waals surface area contributed by atoms with Crippen LogP contribution >= 0.6 is 24.0 Å². The first kappa shape index (κ1) is 24.3. The van der Waals surface area contributed by atoms with Gasteiger partial charge in [-0.05, 0) is 38.8 Å². The third-order valence-electron chi connectivity index (χ3n) is 4.57. The van der Waals surface area contributed by atoms with E-state index in [0.717, 1.165) is 49.0 Å². The van der Waals surface area contributed by atoms with E-state index < -0.39 is 0 Å². The largest absolute Gasteiger partial charge is 0.497 e. The fourth-order valence-corrected chi connectivity index (χ4v) is 3.19. The van der Waals surface area contributed by atoms with E-state index in [-0.39, 0.29) is 35.9 Å². The molecule has 0 saturated carbocycles. The number of nitrogens with zero attached hydrogens (tertiary/aromatic N) is 2. The van der Waals surface area contributed by atoms with Crippen molar-refractivity contribution in [2.24, 2.45) is 10.9 Å². The van der Waals surface area contributed by atoms with E-state index in [2.05, 4.69) is 10.2 Å². The van der Waals surface area contributed by atoms with Crippen molar-refractivity contribution in [1.29, 1.82) is 0 Å². The number of ether oxygens (including phenoxy) is 3. The fourth-order valence-electron chi connectivity index (χ4n) is 3.19. The maximum Gasteiger partial charge on any atom is 0.310 e. The molecule has 1 atom stereocenters. The molecule has 7 nitrogen and oxygen atoms in total. The maximum absolute atomic E-state index is 12.1. The van der Waals surface area contributed by atoms with E-state index in [1.807, 2.05) is 32.0 Å². The van der Waals surface area contributed by atoms with Crippen LogP contribution in [0.5, 0.6) is 11.5 Å². The standard InChI is InChI=1S/C20H31N3O4.HI/c1-5-21-20(23-11-7-8-16(14-23)19(24)27-6-2)22-13-15-9-10-17(25-3)12-18(15)26-4;/h9-10,12,16H,5-8,11,13-14H2,1-4H3,(H,21,22);1H. The molecule has 1 saturated heterocycles. The van der Waals surface area contributed by atoms with Crippen LogP contribution in [0.4, 0.5) is 0 Å². The van der Waals surface area contributed by atoms with Crippen molar-refractivity contribution in [2.45, 2.75) is 33.2 Å². The minimum Gasteiger partial charge on any atom is -0.497 e. The van der Waals surface area contributed by atoms with Gasteiger partial charge in [0.05, 0.1) is 33.3 Å². The Kier molecular flexibility index (Phi) is 11.0. The van der Waals surface area contributed by atoms with Crippen LogP contribution in [0.2, 0.25) is 0 Å². The van der Waals surface area contributed by atoms with E-state index in [0.29, 0.717) is 19.7 Å². The van der Waals surface area contributed by atoms with Gasteiger partial charge in [-0.3, -0.25) is 4.79 Å². The number of carbonyl (C=O) groups is 1. The number of carbonyl (C=O) groups excluding carboxylic acids is 1. The van der Waals surface area contributed by atoms with Crippen LogP contribution in [0, 0.1) is 5.92 Å². The number of esters is 1. The number of hydrogen-bond acceptors (Lipinski definition) is 5. The minimum absolute atomic E-state index is 0. The number of hydrogen-bond donors (Lipinski definition) is 1. The topological polar surface area (TPSA) is 72.4 Å². The second-order valence-corrected chi connectivity index (χ2v) is 6.39. The molecule has 8 heteroatoms. The van der Waals surface area contributed by atoms with Gasteiger partial charge in [0, 0.05) is 31.3 Å². The SMILES string of the molecule is CCNC(=NCc1ccc(OC)cc1OC)N1CCCC(C(=O)OCC)C1.I. The van der Waals surface area contributed by atoms with Crippen LogP contribution in [-0.4, -0.2) is 57.3 Å². The Morgan fingerprint density at radius 3 is 2.71 bits per heavy atom. The Labute approximate surface area is 184 Å². The molecule has 0 bridgehead atoms.